The summed E-state index contributed by atoms with van der Waals surface area (Å²) in [4.78, 5) is 13.3. The molecule has 1 aliphatic rings. The van der Waals surface area contributed by atoms with Crippen molar-refractivity contribution in [3.8, 4) is 0 Å². The molecule has 0 N–H and O–H groups in total. The molecule has 0 saturated carbocycles. The maximum absolute atomic E-state index is 11.3. The fourth-order valence-corrected chi connectivity index (χ4v) is 2.03. The summed E-state index contributed by atoms with van der Waals surface area (Å²) in [6.45, 7) is 6.34. The van der Waals surface area contributed by atoms with Crippen molar-refractivity contribution in [3.05, 3.63) is 12.7 Å². The van der Waals surface area contributed by atoms with Crippen molar-refractivity contribution in [1.29, 1.82) is 0 Å². The third-order valence-corrected chi connectivity index (χ3v) is 2.74. The smallest absolute Gasteiger partial charge is 0.219 e. The average molecular weight is 181 g/mol. The summed E-state index contributed by atoms with van der Waals surface area (Å²) in [5.74, 6) is 0.230. The van der Waals surface area contributed by atoms with Gasteiger partial charge in [-0.05, 0) is 32.1 Å². The number of likely N-dealkylation sites (tertiary alicyclic amines) is 1. The average Bonchev–Trinajstić information content (AvgIpc) is 2.15. The van der Waals surface area contributed by atoms with Gasteiger partial charge in [0.1, 0.15) is 0 Å². The molecular weight excluding hydrogens is 162 g/mol. The van der Waals surface area contributed by atoms with E-state index in [0.717, 1.165) is 19.4 Å². The third kappa shape index (κ3) is 2.87. The second kappa shape index (κ2) is 5.05. The zero-order valence-electron chi connectivity index (χ0n) is 8.46. The minimum absolute atomic E-state index is 0.230. The molecule has 1 atom stereocenters. The number of amides is 1. The highest BCUT2D eigenvalue weighted by atomic mass is 16.2. The molecular formula is C11H19NO. The van der Waals surface area contributed by atoms with Crippen LogP contribution in [0.1, 0.15) is 39.0 Å². The van der Waals surface area contributed by atoms with Crippen molar-refractivity contribution in [3.63, 3.8) is 0 Å². The van der Waals surface area contributed by atoms with E-state index < -0.39 is 0 Å². The minimum Gasteiger partial charge on any atom is -0.340 e. The number of hydrogen-bond acceptors (Lipinski definition) is 1. The van der Waals surface area contributed by atoms with Crippen molar-refractivity contribution in [2.45, 2.75) is 45.1 Å². The van der Waals surface area contributed by atoms with Crippen molar-refractivity contribution in [2.24, 2.45) is 0 Å². The molecule has 1 unspecified atom stereocenters. The molecule has 1 rings (SSSR count). The number of hydrogen-bond donors (Lipinski definition) is 0. The Hall–Kier alpha value is -0.790. The first-order valence-electron chi connectivity index (χ1n) is 5.14. The third-order valence-electron chi connectivity index (χ3n) is 2.74. The molecule has 0 aromatic heterocycles. The zero-order chi connectivity index (χ0) is 9.68. The molecule has 1 fully saturated rings. The molecule has 0 radical (unpaired) electrons. The fraction of sp³-hybridized carbons (Fsp3) is 0.727. The minimum atomic E-state index is 0.230. The molecule has 0 bridgehead atoms. The van der Waals surface area contributed by atoms with Crippen LogP contribution in [-0.2, 0) is 4.79 Å². The predicted molar refractivity (Wildman–Crippen MR) is 54.5 cm³/mol. The number of piperidine rings is 1. The first kappa shape index (κ1) is 10.3. The summed E-state index contributed by atoms with van der Waals surface area (Å²) in [6.07, 6.45) is 7.66. The normalized spacial score (nSPS) is 22.8. The highest BCUT2D eigenvalue weighted by molar-refractivity contribution is 5.73. The van der Waals surface area contributed by atoms with Crippen LogP contribution in [0.4, 0.5) is 0 Å². The van der Waals surface area contributed by atoms with Gasteiger partial charge >= 0.3 is 0 Å². The number of rotatable bonds is 3. The van der Waals surface area contributed by atoms with Crippen LogP contribution in [0, 0.1) is 0 Å². The molecule has 1 saturated heterocycles. The van der Waals surface area contributed by atoms with Crippen LogP contribution >= 0.6 is 0 Å². The lowest BCUT2D eigenvalue weighted by atomic mass is 9.98. The lowest BCUT2D eigenvalue weighted by Crippen LogP contribution is -2.42. The molecule has 2 heteroatoms. The summed E-state index contributed by atoms with van der Waals surface area (Å²) in [5.41, 5.74) is 0. The number of carbonyl (C=O) groups is 1. The van der Waals surface area contributed by atoms with Crippen molar-refractivity contribution in [1.82, 2.24) is 4.90 Å². The summed E-state index contributed by atoms with van der Waals surface area (Å²) >= 11 is 0. The quantitative estimate of drug-likeness (QED) is 0.612. The summed E-state index contributed by atoms with van der Waals surface area (Å²) < 4.78 is 0. The second-order valence-electron chi connectivity index (χ2n) is 3.73. The Bertz CT molecular complexity index is 189. The van der Waals surface area contributed by atoms with Crippen molar-refractivity contribution < 1.29 is 4.79 Å². The van der Waals surface area contributed by atoms with E-state index in [1.165, 1.54) is 19.3 Å². The lowest BCUT2D eigenvalue weighted by molar-refractivity contribution is -0.132. The Labute approximate surface area is 80.6 Å². The van der Waals surface area contributed by atoms with Crippen LogP contribution in [0.2, 0.25) is 0 Å². The van der Waals surface area contributed by atoms with Crippen LogP contribution in [-0.4, -0.2) is 23.4 Å². The summed E-state index contributed by atoms with van der Waals surface area (Å²) in [6, 6.07) is 0.476. The largest absolute Gasteiger partial charge is 0.340 e. The molecule has 1 aliphatic heterocycles. The van der Waals surface area contributed by atoms with E-state index in [2.05, 4.69) is 6.58 Å². The first-order chi connectivity index (χ1) is 6.25. The SMILES string of the molecule is C=CCCC1CCCCN1C(C)=O. The van der Waals surface area contributed by atoms with Crippen LogP contribution in [0.15, 0.2) is 12.7 Å². The number of carbonyl (C=O) groups excluding carboxylic acids is 1. The van der Waals surface area contributed by atoms with Crippen LogP contribution in [0.5, 0.6) is 0 Å². The first-order valence-corrected chi connectivity index (χ1v) is 5.14. The standard InChI is InChI=1S/C11H19NO/c1-3-4-7-11-8-5-6-9-12(11)10(2)13/h3,11H,1,4-9H2,2H3. The Morgan fingerprint density at radius 3 is 3.00 bits per heavy atom. The van der Waals surface area contributed by atoms with Gasteiger partial charge in [0.25, 0.3) is 0 Å². The topological polar surface area (TPSA) is 20.3 Å². The molecule has 0 aromatic carbocycles. The van der Waals surface area contributed by atoms with Gasteiger partial charge in [-0.1, -0.05) is 6.08 Å². The van der Waals surface area contributed by atoms with E-state index in [9.17, 15) is 4.79 Å². The number of nitrogens with zero attached hydrogens (tertiary/aromatic N) is 1. The van der Waals surface area contributed by atoms with Gasteiger partial charge in [0.05, 0.1) is 0 Å². The van der Waals surface area contributed by atoms with E-state index in [-0.39, 0.29) is 5.91 Å². The molecule has 1 heterocycles. The van der Waals surface area contributed by atoms with Gasteiger partial charge in [-0.3, -0.25) is 4.79 Å². The second-order valence-corrected chi connectivity index (χ2v) is 3.73. The molecule has 13 heavy (non-hydrogen) atoms. The molecule has 0 aliphatic carbocycles. The lowest BCUT2D eigenvalue weighted by Gasteiger charge is -2.35. The van der Waals surface area contributed by atoms with E-state index in [1.54, 1.807) is 6.92 Å². The van der Waals surface area contributed by atoms with E-state index in [0.29, 0.717) is 6.04 Å². The number of allylic oxidation sites excluding steroid dienone is 1. The van der Waals surface area contributed by atoms with Crippen LogP contribution in [0.3, 0.4) is 0 Å². The van der Waals surface area contributed by atoms with Gasteiger partial charge in [0, 0.05) is 19.5 Å². The van der Waals surface area contributed by atoms with Gasteiger partial charge in [-0.15, -0.1) is 6.58 Å². The summed E-state index contributed by atoms with van der Waals surface area (Å²) in [7, 11) is 0. The fourth-order valence-electron chi connectivity index (χ4n) is 2.03. The van der Waals surface area contributed by atoms with Gasteiger partial charge in [0.2, 0.25) is 5.91 Å². The summed E-state index contributed by atoms with van der Waals surface area (Å²) in [5, 5.41) is 0. The zero-order valence-corrected chi connectivity index (χ0v) is 8.46. The Balaban J connectivity index is 2.46. The maximum Gasteiger partial charge on any atom is 0.219 e. The van der Waals surface area contributed by atoms with E-state index in [1.807, 2.05) is 11.0 Å². The Kier molecular flexibility index (Phi) is 4.00. The molecule has 0 aromatic rings. The van der Waals surface area contributed by atoms with Gasteiger partial charge in [-0.25, -0.2) is 0 Å². The van der Waals surface area contributed by atoms with Gasteiger partial charge < -0.3 is 4.90 Å². The highest BCUT2D eigenvalue weighted by Crippen LogP contribution is 2.20. The predicted octanol–water partition coefficient (Wildman–Crippen LogP) is 2.35. The maximum atomic E-state index is 11.3. The van der Waals surface area contributed by atoms with E-state index in [4.69, 9.17) is 0 Å². The van der Waals surface area contributed by atoms with Crippen molar-refractivity contribution >= 4 is 5.91 Å². The van der Waals surface area contributed by atoms with Crippen molar-refractivity contribution in [2.75, 3.05) is 6.54 Å². The monoisotopic (exact) mass is 181 g/mol. The molecule has 0 spiro atoms. The van der Waals surface area contributed by atoms with E-state index >= 15 is 0 Å². The van der Waals surface area contributed by atoms with Gasteiger partial charge in [-0.2, -0.15) is 0 Å². The highest BCUT2D eigenvalue weighted by Gasteiger charge is 2.23. The van der Waals surface area contributed by atoms with Crippen LogP contribution < -0.4 is 0 Å². The Morgan fingerprint density at radius 2 is 2.38 bits per heavy atom. The molecule has 1 amide bonds. The Morgan fingerprint density at radius 1 is 1.62 bits per heavy atom. The molecule has 74 valence electrons. The molecule has 2 nitrogen and oxygen atoms in total. The van der Waals surface area contributed by atoms with Crippen LogP contribution in [0.25, 0.3) is 0 Å². The van der Waals surface area contributed by atoms with Gasteiger partial charge in [0.15, 0.2) is 0 Å².